The second kappa shape index (κ2) is 14.3. The number of rotatable bonds is 5. The van der Waals surface area contributed by atoms with Crippen molar-refractivity contribution in [2.45, 2.75) is 38.9 Å². The fourth-order valence-corrected chi connectivity index (χ4v) is 7.78. The van der Waals surface area contributed by atoms with Gasteiger partial charge in [0.05, 0.1) is 19.2 Å². The molecule has 0 aliphatic heterocycles. The first kappa shape index (κ1) is 36.2. The van der Waals surface area contributed by atoms with Crippen molar-refractivity contribution in [1.82, 2.24) is 9.97 Å². The Morgan fingerprint density at radius 3 is 1.91 bits per heavy atom. The van der Waals surface area contributed by atoms with Gasteiger partial charge in [-0.3, -0.25) is 0 Å². The van der Waals surface area contributed by atoms with E-state index in [9.17, 15) is 4.39 Å². The summed E-state index contributed by atoms with van der Waals surface area (Å²) in [5.41, 5.74) is 8.85. The molecule has 1 radical (unpaired) electrons. The van der Waals surface area contributed by atoms with Crippen LogP contribution in [0.15, 0.2) is 143 Å². The molecule has 0 saturated carbocycles. The third kappa shape index (κ3) is 6.88. The second-order valence-electron chi connectivity index (χ2n) is 14.6. The SMILES string of the molecule is CC(C)(c1ccccc1)c1ccc2oc3c(-c4ccccn4)[c-]ccc3c2c1.C[Si](C)(C)c1ccc(-c2[c-]ccc3c2oc2cc(F)ccc23)nc1.[Ir]. The van der Waals surface area contributed by atoms with E-state index in [1.807, 2.05) is 48.7 Å². The van der Waals surface area contributed by atoms with Crippen LogP contribution >= 0.6 is 0 Å². The summed E-state index contributed by atoms with van der Waals surface area (Å²) in [6.07, 6.45) is 3.75. The zero-order valence-corrected chi connectivity index (χ0v) is 33.5. The molecule has 0 aliphatic carbocycles. The van der Waals surface area contributed by atoms with E-state index in [1.54, 1.807) is 12.3 Å². The Bertz CT molecular complexity index is 2700. The number of hydrogen-bond donors (Lipinski definition) is 0. The molecule has 4 nitrogen and oxygen atoms in total. The predicted octanol–water partition coefficient (Wildman–Crippen LogP) is 11.9. The molecule has 265 valence electrons. The van der Waals surface area contributed by atoms with Gasteiger partial charge in [0.1, 0.15) is 17.0 Å². The standard InChI is InChI=1S/C26H20NO.C20H17FNOSi.Ir/c1-26(2,18-9-4-3-5-10-18)19-14-15-24-22(17-19)20-11-8-12-21(25(20)28-24)23-13-6-7-16-27-23;1-24(2,3)14-8-10-18(22-12-14)17-6-4-5-16-15-9-7-13(21)11-19(15)23-20(16)17;/h3-11,13-17H,1-2H3;4-5,7-12H,1-3H3;/q2*-1;. The van der Waals surface area contributed by atoms with Gasteiger partial charge < -0.3 is 18.8 Å². The largest absolute Gasteiger partial charge is 0.501 e. The average molecular weight is 889 g/mol. The number of pyridine rings is 2. The molecule has 9 aromatic rings. The number of benzene rings is 5. The van der Waals surface area contributed by atoms with Gasteiger partial charge in [-0.2, -0.15) is 0 Å². The molecule has 0 unspecified atom stereocenters. The monoisotopic (exact) mass is 889 g/mol. The fourth-order valence-electron chi connectivity index (χ4n) is 6.74. The minimum atomic E-state index is -1.38. The molecule has 0 N–H and O–H groups in total. The maximum absolute atomic E-state index is 13.5. The second-order valence-corrected chi connectivity index (χ2v) is 19.7. The van der Waals surface area contributed by atoms with Gasteiger partial charge in [0.25, 0.3) is 0 Å². The average Bonchev–Trinajstić information content (AvgIpc) is 3.73. The maximum atomic E-state index is 13.5. The first-order valence-corrected chi connectivity index (χ1v) is 20.9. The summed E-state index contributed by atoms with van der Waals surface area (Å²) in [7, 11) is -1.38. The van der Waals surface area contributed by atoms with Gasteiger partial charge in [-0.1, -0.05) is 116 Å². The summed E-state index contributed by atoms with van der Waals surface area (Å²) < 4.78 is 25.6. The molecular weight excluding hydrogens is 852 g/mol. The van der Waals surface area contributed by atoms with Crippen LogP contribution in [-0.4, -0.2) is 18.0 Å². The van der Waals surface area contributed by atoms with Crippen molar-refractivity contribution in [2.24, 2.45) is 0 Å². The Labute approximate surface area is 323 Å². The molecule has 0 amide bonds. The van der Waals surface area contributed by atoms with Crippen LogP contribution in [0.4, 0.5) is 4.39 Å². The fraction of sp³-hybridized carbons (Fsp3) is 0.130. The van der Waals surface area contributed by atoms with Crippen LogP contribution in [0.2, 0.25) is 19.6 Å². The maximum Gasteiger partial charge on any atom is 0.126 e. The van der Waals surface area contributed by atoms with Crippen LogP contribution in [0.3, 0.4) is 0 Å². The van der Waals surface area contributed by atoms with Crippen molar-refractivity contribution < 1.29 is 33.3 Å². The molecule has 4 heterocycles. The Balaban J connectivity index is 0.000000163. The number of fused-ring (bicyclic) bond motifs is 6. The van der Waals surface area contributed by atoms with Crippen molar-refractivity contribution in [3.05, 3.63) is 163 Å². The summed E-state index contributed by atoms with van der Waals surface area (Å²) in [4.78, 5) is 9.10. The molecule has 0 fully saturated rings. The van der Waals surface area contributed by atoms with Crippen LogP contribution in [0, 0.1) is 17.9 Å². The topological polar surface area (TPSA) is 52.1 Å². The summed E-state index contributed by atoms with van der Waals surface area (Å²) >= 11 is 0. The van der Waals surface area contributed by atoms with Crippen LogP contribution in [0.5, 0.6) is 0 Å². The van der Waals surface area contributed by atoms with E-state index in [2.05, 4.69) is 116 Å². The van der Waals surface area contributed by atoms with Crippen molar-refractivity contribution in [3.8, 4) is 22.5 Å². The molecular formula is C46H37FIrN2O2Si-2. The number of aromatic nitrogens is 2. The van der Waals surface area contributed by atoms with E-state index in [0.29, 0.717) is 11.2 Å². The molecule has 53 heavy (non-hydrogen) atoms. The summed E-state index contributed by atoms with van der Waals surface area (Å²) in [6.45, 7) is 11.4. The van der Waals surface area contributed by atoms with E-state index in [-0.39, 0.29) is 31.3 Å². The first-order valence-electron chi connectivity index (χ1n) is 17.4. The Kier molecular flexibility index (Phi) is 9.77. The molecule has 0 bridgehead atoms. The van der Waals surface area contributed by atoms with Gasteiger partial charge in [0.15, 0.2) is 0 Å². The van der Waals surface area contributed by atoms with Crippen LogP contribution < -0.4 is 5.19 Å². The summed E-state index contributed by atoms with van der Waals surface area (Å²) in [5.74, 6) is -0.301. The van der Waals surface area contributed by atoms with Gasteiger partial charge >= 0.3 is 0 Å². The number of halogens is 1. The van der Waals surface area contributed by atoms with Gasteiger partial charge in [-0.25, -0.2) is 4.39 Å². The molecule has 5 aromatic carbocycles. The molecule has 0 aliphatic rings. The van der Waals surface area contributed by atoms with Crippen molar-refractivity contribution in [3.63, 3.8) is 0 Å². The van der Waals surface area contributed by atoms with E-state index in [1.165, 1.54) is 28.4 Å². The molecule has 0 saturated heterocycles. The zero-order valence-electron chi connectivity index (χ0n) is 30.1. The van der Waals surface area contributed by atoms with Crippen LogP contribution in [-0.2, 0) is 25.5 Å². The van der Waals surface area contributed by atoms with Crippen molar-refractivity contribution in [1.29, 1.82) is 0 Å². The Morgan fingerprint density at radius 2 is 1.26 bits per heavy atom. The molecule has 7 heteroatoms. The van der Waals surface area contributed by atoms with E-state index >= 15 is 0 Å². The van der Waals surface area contributed by atoms with Crippen molar-refractivity contribution >= 4 is 57.1 Å². The summed E-state index contributed by atoms with van der Waals surface area (Å²) in [5, 5.41) is 5.39. The quantitative estimate of drug-likeness (QED) is 0.128. The molecule has 0 spiro atoms. The normalized spacial score (nSPS) is 11.8. The molecule has 9 rings (SSSR count). The molecule has 4 aromatic heterocycles. The van der Waals surface area contributed by atoms with Gasteiger partial charge in [0.2, 0.25) is 0 Å². The Hall–Kier alpha value is -5.20. The predicted molar refractivity (Wildman–Crippen MR) is 213 cm³/mol. The van der Waals surface area contributed by atoms with E-state index < -0.39 is 8.07 Å². The minimum absolute atomic E-state index is 0. The van der Waals surface area contributed by atoms with Crippen LogP contribution in [0.1, 0.15) is 25.0 Å². The van der Waals surface area contributed by atoms with E-state index in [4.69, 9.17) is 8.83 Å². The zero-order chi connectivity index (χ0) is 36.0. The van der Waals surface area contributed by atoms with Crippen molar-refractivity contribution in [2.75, 3.05) is 0 Å². The van der Waals surface area contributed by atoms with Crippen LogP contribution in [0.25, 0.3) is 66.4 Å². The number of hydrogen-bond acceptors (Lipinski definition) is 4. The third-order valence-corrected chi connectivity index (χ3v) is 11.9. The number of furan rings is 2. The first-order chi connectivity index (χ1) is 25.1. The smallest absolute Gasteiger partial charge is 0.126 e. The number of nitrogens with zero attached hydrogens (tertiary/aromatic N) is 2. The summed E-state index contributed by atoms with van der Waals surface area (Å²) in [6, 6.07) is 46.2. The van der Waals surface area contributed by atoms with Gasteiger partial charge in [-0.15, -0.1) is 36.4 Å². The minimum Gasteiger partial charge on any atom is -0.501 e. The van der Waals surface area contributed by atoms with Gasteiger partial charge in [0, 0.05) is 54.8 Å². The third-order valence-electron chi connectivity index (χ3n) is 9.85. The van der Waals surface area contributed by atoms with E-state index in [0.717, 1.165) is 55.2 Å². The molecule has 0 atom stereocenters. The Morgan fingerprint density at radius 1 is 0.604 bits per heavy atom. The van der Waals surface area contributed by atoms with Gasteiger partial charge in [-0.05, 0) is 58.0 Å².